The van der Waals surface area contributed by atoms with Crippen molar-refractivity contribution < 1.29 is 13.9 Å². The van der Waals surface area contributed by atoms with Gasteiger partial charge in [-0.15, -0.1) is 0 Å². The van der Waals surface area contributed by atoms with E-state index in [0.717, 1.165) is 16.7 Å². The normalized spacial score (nSPS) is 12.0. The van der Waals surface area contributed by atoms with Crippen LogP contribution in [0.25, 0.3) is 11.1 Å². The smallest absolute Gasteiger partial charge is 0.307 e. The largest absolute Gasteiger partial charge is 0.466 e. The average molecular weight is 287 g/mol. The van der Waals surface area contributed by atoms with Crippen molar-refractivity contribution in [1.82, 2.24) is 0 Å². The van der Waals surface area contributed by atoms with Crippen molar-refractivity contribution >= 4 is 5.97 Å². The van der Waals surface area contributed by atoms with E-state index in [1.807, 2.05) is 24.3 Å². The van der Waals surface area contributed by atoms with Gasteiger partial charge in [-0.25, -0.2) is 4.39 Å². The van der Waals surface area contributed by atoms with Crippen LogP contribution >= 0.6 is 0 Å². The van der Waals surface area contributed by atoms with Gasteiger partial charge in [-0.3, -0.25) is 4.79 Å². The van der Waals surface area contributed by atoms with Crippen molar-refractivity contribution in [2.75, 3.05) is 6.61 Å². The van der Waals surface area contributed by atoms with Gasteiger partial charge in [-0.1, -0.05) is 36.4 Å². The molecule has 2 N–H and O–H groups in total. The highest BCUT2D eigenvalue weighted by Gasteiger charge is 2.12. The van der Waals surface area contributed by atoms with Crippen molar-refractivity contribution in [1.29, 1.82) is 0 Å². The summed E-state index contributed by atoms with van der Waals surface area (Å²) in [5.74, 6) is -0.556. The molecule has 0 saturated heterocycles. The standard InChI is InChI=1S/C17H18FNO2/c1-2-21-17(20)11-16(19)14-5-3-12(4-6-14)13-7-9-15(18)10-8-13/h3-10,16H,2,11,19H2,1H3/t16-/m0/s1. The third-order valence-corrected chi connectivity index (χ3v) is 3.21. The van der Waals surface area contributed by atoms with Gasteiger partial charge < -0.3 is 10.5 Å². The van der Waals surface area contributed by atoms with Crippen LogP contribution in [-0.4, -0.2) is 12.6 Å². The molecule has 2 rings (SSSR count). The molecule has 0 aliphatic heterocycles. The van der Waals surface area contributed by atoms with Gasteiger partial charge in [0.15, 0.2) is 0 Å². The fraction of sp³-hybridized carbons (Fsp3) is 0.235. The number of ether oxygens (including phenoxy) is 1. The minimum Gasteiger partial charge on any atom is -0.466 e. The van der Waals surface area contributed by atoms with E-state index in [4.69, 9.17) is 10.5 Å². The Labute approximate surface area is 123 Å². The van der Waals surface area contributed by atoms with Crippen molar-refractivity contribution in [3.05, 3.63) is 59.9 Å². The van der Waals surface area contributed by atoms with Crippen molar-refractivity contribution in [3.63, 3.8) is 0 Å². The van der Waals surface area contributed by atoms with E-state index >= 15 is 0 Å². The zero-order chi connectivity index (χ0) is 15.2. The summed E-state index contributed by atoms with van der Waals surface area (Å²) < 4.78 is 17.8. The summed E-state index contributed by atoms with van der Waals surface area (Å²) in [6, 6.07) is 13.5. The van der Waals surface area contributed by atoms with E-state index in [-0.39, 0.29) is 24.2 Å². The number of rotatable bonds is 5. The summed E-state index contributed by atoms with van der Waals surface area (Å²) in [6.45, 7) is 2.12. The van der Waals surface area contributed by atoms with Gasteiger partial charge in [-0.2, -0.15) is 0 Å². The summed E-state index contributed by atoms with van der Waals surface area (Å²) in [4.78, 5) is 11.4. The zero-order valence-corrected chi connectivity index (χ0v) is 11.9. The highest BCUT2D eigenvalue weighted by Crippen LogP contribution is 2.22. The first-order valence-corrected chi connectivity index (χ1v) is 6.87. The maximum absolute atomic E-state index is 12.9. The Bertz CT molecular complexity index is 593. The van der Waals surface area contributed by atoms with Gasteiger partial charge in [0.05, 0.1) is 13.0 Å². The van der Waals surface area contributed by atoms with Crippen LogP contribution in [-0.2, 0) is 9.53 Å². The molecule has 0 aliphatic carbocycles. The second-order valence-electron chi connectivity index (χ2n) is 4.74. The van der Waals surface area contributed by atoms with E-state index in [9.17, 15) is 9.18 Å². The average Bonchev–Trinajstić information content (AvgIpc) is 2.48. The predicted molar refractivity (Wildman–Crippen MR) is 80.0 cm³/mol. The molecule has 21 heavy (non-hydrogen) atoms. The molecule has 0 radical (unpaired) electrons. The fourth-order valence-corrected chi connectivity index (χ4v) is 2.08. The number of nitrogens with two attached hydrogens (primary N) is 1. The molecule has 2 aromatic rings. The summed E-state index contributed by atoms with van der Waals surface area (Å²) in [7, 11) is 0. The van der Waals surface area contributed by atoms with E-state index in [1.54, 1.807) is 19.1 Å². The quantitative estimate of drug-likeness (QED) is 0.857. The summed E-state index contributed by atoms with van der Waals surface area (Å²) in [6.07, 6.45) is 0.156. The molecule has 0 amide bonds. The van der Waals surface area contributed by atoms with Crippen LogP contribution < -0.4 is 5.73 Å². The molecule has 2 aromatic carbocycles. The molecule has 0 unspecified atom stereocenters. The Morgan fingerprint density at radius 3 is 2.14 bits per heavy atom. The highest BCUT2D eigenvalue weighted by atomic mass is 19.1. The second-order valence-corrected chi connectivity index (χ2v) is 4.74. The van der Waals surface area contributed by atoms with Crippen LogP contribution in [0.2, 0.25) is 0 Å². The first-order valence-electron chi connectivity index (χ1n) is 6.87. The number of benzene rings is 2. The number of esters is 1. The van der Waals surface area contributed by atoms with E-state index in [2.05, 4.69) is 0 Å². The van der Waals surface area contributed by atoms with Crippen LogP contribution in [0, 0.1) is 5.82 Å². The molecule has 0 fully saturated rings. The fourth-order valence-electron chi connectivity index (χ4n) is 2.08. The Kier molecular flexibility index (Phi) is 5.06. The third kappa shape index (κ3) is 4.13. The SMILES string of the molecule is CCOC(=O)C[C@H](N)c1ccc(-c2ccc(F)cc2)cc1. The van der Waals surface area contributed by atoms with E-state index < -0.39 is 0 Å². The summed E-state index contributed by atoms with van der Waals surface area (Å²) in [5.41, 5.74) is 8.76. The second kappa shape index (κ2) is 6.99. The minimum atomic E-state index is -0.383. The van der Waals surface area contributed by atoms with Gasteiger partial charge in [0.2, 0.25) is 0 Å². The highest BCUT2D eigenvalue weighted by molar-refractivity contribution is 5.70. The number of halogens is 1. The number of hydrogen-bond acceptors (Lipinski definition) is 3. The Morgan fingerprint density at radius 1 is 1.10 bits per heavy atom. The monoisotopic (exact) mass is 287 g/mol. The molecule has 1 atom stereocenters. The molecule has 110 valence electrons. The van der Waals surface area contributed by atoms with E-state index in [0.29, 0.717) is 6.61 Å². The van der Waals surface area contributed by atoms with Crippen LogP contribution in [0.15, 0.2) is 48.5 Å². The maximum Gasteiger partial charge on any atom is 0.307 e. The Hall–Kier alpha value is -2.20. The lowest BCUT2D eigenvalue weighted by atomic mass is 10.00. The first-order chi connectivity index (χ1) is 10.1. The number of carbonyl (C=O) groups excluding carboxylic acids is 1. The zero-order valence-electron chi connectivity index (χ0n) is 11.9. The van der Waals surface area contributed by atoms with Crippen LogP contribution in [0.4, 0.5) is 4.39 Å². The van der Waals surface area contributed by atoms with Crippen molar-refractivity contribution in [3.8, 4) is 11.1 Å². The molecule has 4 heteroatoms. The number of hydrogen-bond donors (Lipinski definition) is 1. The molecule has 0 saturated carbocycles. The van der Waals surface area contributed by atoms with Crippen LogP contribution in [0.5, 0.6) is 0 Å². The van der Waals surface area contributed by atoms with Gasteiger partial charge in [0.1, 0.15) is 5.82 Å². The molecule has 0 bridgehead atoms. The lowest BCUT2D eigenvalue weighted by Crippen LogP contribution is -2.17. The minimum absolute atomic E-state index is 0.156. The van der Waals surface area contributed by atoms with Crippen LogP contribution in [0.1, 0.15) is 24.9 Å². The lowest BCUT2D eigenvalue weighted by Gasteiger charge is -2.12. The topological polar surface area (TPSA) is 52.3 Å². The van der Waals surface area contributed by atoms with Crippen molar-refractivity contribution in [2.24, 2.45) is 5.73 Å². The Balaban J connectivity index is 2.08. The summed E-state index contributed by atoms with van der Waals surface area (Å²) in [5, 5.41) is 0. The van der Waals surface area contributed by atoms with Gasteiger partial charge in [-0.05, 0) is 35.7 Å². The molecule has 0 spiro atoms. The van der Waals surface area contributed by atoms with Gasteiger partial charge in [0, 0.05) is 6.04 Å². The maximum atomic E-state index is 12.9. The lowest BCUT2D eigenvalue weighted by molar-refractivity contribution is -0.143. The summed E-state index contributed by atoms with van der Waals surface area (Å²) >= 11 is 0. The molecular formula is C17H18FNO2. The van der Waals surface area contributed by atoms with Crippen molar-refractivity contribution in [2.45, 2.75) is 19.4 Å². The van der Waals surface area contributed by atoms with E-state index in [1.165, 1.54) is 12.1 Å². The molecule has 3 nitrogen and oxygen atoms in total. The molecule has 0 heterocycles. The molecular weight excluding hydrogens is 269 g/mol. The predicted octanol–water partition coefficient (Wildman–Crippen LogP) is 3.45. The number of carbonyl (C=O) groups is 1. The Morgan fingerprint density at radius 2 is 1.62 bits per heavy atom. The first kappa shape index (κ1) is 15.2. The third-order valence-electron chi connectivity index (χ3n) is 3.21. The molecule has 0 aromatic heterocycles. The van der Waals surface area contributed by atoms with Gasteiger partial charge >= 0.3 is 5.97 Å². The van der Waals surface area contributed by atoms with Gasteiger partial charge in [0.25, 0.3) is 0 Å². The van der Waals surface area contributed by atoms with Crippen LogP contribution in [0.3, 0.4) is 0 Å². The molecule has 0 aliphatic rings.